The Balaban J connectivity index is 1.95. The summed E-state index contributed by atoms with van der Waals surface area (Å²) in [6, 6.07) is -0.823. The summed E-state index contributed by atoms with van der Waals surface area (Å²) in [6.45, 7) is 4.32. The molecule has 454 valence electrons. The first-order valence-corrected chi connectivity index (χ1v) is 33.1. The summed E-state index contributed by atoms with van der Waals surface area (Å²) >= 11 is 0. The van der Waals surface area contributed by atoms with Gasteiger partial charge in [-0.1, -0.05) is 289 Å². The molecule has 1 amide bonds. The Labute approximate surface area is 473 Å². The Bertz CT molecular complexity index is 1330. The van der Waals surface area contributed by atoms with E-state index in [4.69, 9.17) is 14.2 Å². The lowest BCUT2D eigenvalue weighted by Gasteiger charge is -2.40. The van der Waals surface area contributed by atoms with Crippen LogP contribution in [-0.2, 0) is 23.8 Å². The molecule has 0 aromatic heterocycles. The van der Waals surface area contributed by atoms with Crippen molar-refractivity contribution >= 4 is 11.9 Å². The summed E-state index contributed by atoms with van der Waals surface area (Å²) in [5.74, 6) is -0.180. The van der Waals surface area contributed by atoms with Gasteiger partial charge in [-0.25, -0.2) is 0 Å². The second kappa shape index (κ2) is 56.0. The van der Waals surface area contributed by atoms with E-state index in [1.807, 2.05) is 6.08 Å². The van der Waals surface area contributed by atoms with Gasteiger partial charge in [-0.3, -0.25) is 9.59 Å². The Kier molecular flexibility index (Phi) is 53.2. The topological polar surface area (TPSA) is 175 Å². The summed E-state index contributed by atoms with van der Waals surface area (Å²) < 4.78 is 16.7. The first-order valence-electron chi connectivity index (χ1n) is 33.1. The lowest BCUT2D eigenvalue weighted by Crippen LogP contribution is -2.60. The van der Waals surface area contributed by atoms with E-state index in [2.05, 4.69) is 31.3 Å². The van der Waals surface area contributed by atoms with Gasteiger partial charge in [0.05, 0.1) is 32.0 Å². The zero-order chi connectivity index (χ0) is 55.9. The van der Waals surface area contributed by atoms with Crippen molar-refractivity contribution < 1.29 is 49.3 Å². The highest BCUT2D eigenvalue weighted by molar-refractivity contribution is 5.76. The fraction of sp³-hybridized carbons (Fsp3) is 0.909. The molecular weight excluding hydrogens is 967 g/mol. The van der Waals surface area contributed by atoms with Gasteiger partial charge in [0.15, 0.2) is 6.29 Å². The van der Waals surface area contributed by atoms with Crippen molar-refractivity contribution in [2.24, 2.45) is 0 Å². The van der Waals surface area contributed by atoms with Gasteiger partial charge in [0, 0.05) is 12.8 Å². The van der Waals surface area contributed by atoms with Gasteiger partial charge in [-0.05, 0) is 44.9 Å². The van der Waals surface area contributed by atoms with E-state index in [9.17, 15) is 35.1 Å². The molecule has 11 nitrogen and oxygen atoms in total. The van der Waals surface area contributed by atoms with E-state index in [-0.39, 0.29) is 18.5 Å². The van der Waals surface area contributed by atoms with Gasteiger partial charge in [-0.2, -0.15) is 0 Å². The fourth-order valence-corrected chi connectivity index (χ4v) is 10.6. The third kappa shape index (κ3) is 45.4. The normalized spacial score (nSPS) is 18.7. The molecule has 1 aliphatic heterocycles. The van der Waals surface area contributed by atoms with Gasteiger partial charge < -0.3 is 45.1 Å². The molecule has 1 heterocycles. The molecule has 77 heavy (non-hydrogen) atoms. The molecule has 7 unspecified atom stereocenters. The number of allylic oxidation sites excluding steroid dienone is 3. The van der Waals surface area contributed by atoms with Crippen LogP contribution in [0.1, 0.15) is 322 Å². The van der Waals surface area contributed by atoms with Crippen LogP contribution >= 0.6 is 0 Å². The smallest absolute Gasteiger partial charge is 0.305 e. The van der Waals surface area contributed by atoms with Crippen molar-refractivity contribution in [2.75, 3.05) is 19.8 Å². The highest BCUT2D eigenvalue weighted by Gasteiger charge is 2.44. The van der Waals surface area contributed by atoms with Crippen LogP contribution in [-0.4, -0.2) is 100 Å². The minimum absolute atomic E-state index is 0.00934. The van der Waals surface area contributed by atoms with Gasteiger partial charge in [0.2, 0.25) is 5.91 Å². The van der Waals surface area contributed by atoms with Crippen LogP contribution in [0, 0.1) is 0 Å². The third-order valence-corrected chi connectivity index (χ3v) is 15.8. The Morgan fingerprint density at radius 1 is 0.468 bits per heavy atom. The molecule has 0 aromatic rings. The van der Waals surface area contributed by atoms with Crippen molar-refractivity contribution in [1.29, 1.82) is 0 Å². The minimum atomic E-state index is -1.57. The van der Waals surface area contributed by atoms with Crippen molar-refractivity contribution in [3.63, 3.8) is 0 Å². The first kappa shape index (κ1) is 73.2. The largest absolute Gasteiger partial charge is 0.466 e. The lowest BCUT2D eigenvalue weighted by atomic mass is 9.99. The molecule has 0 spiro atoms. The number of unbranched alkanes of at least 4 members (excludes halogenated alkanes) is 42. The number of esters is 1. The SMILES string of the molecule is CCCCCC/C=C/CC/C=C/C(O)C(COC1OC(CO)C(O)C(O)C1O)NC(=O)CCCCCCCCCCCCCCCCCCCCCCCCCCCCCCOC(=O)CCCCCCCCCCCCC. The quantitative estimate of drug-likeness (QED) is 0.0195. The standard InChI is InChI=1S/C66H125NO10/c1-3-5-7-9-11-13-33-38-42-46-50-54-62(71)75-55-51-47-43-39-35-32-30-28-26-24-22-20-18-16-15-17-19-21-23-25-27-29-31-34-37-41-45-49-53-61(70)67-58(57-76-66-65(74)64(73)63(72)60(56-68)77-66)59(69)52-48-44-40-36-14-12-10-8-6-4-2/h14,36,48,52,58-60,63-66,68-69,72-74H,3-13,15-35,37-47,49-51,53-57H2,1-2H3,(H,67,70)/b36-14+,52-48+. The average Bonchev–Trinajstić information content (AvgIpc) is 3.43. The molecule has 1 fully saturated rings. The van der Waals surface area contributed by atoms with Crippen LogP contribution < -0.4 is 5.32 Å². The molecule has 1 saturated heterocycles. The van der Waals surface area contributed by atoms with Crippen LogP contribution in [0.3, 0.4) is 0 Å². The number of rotatable bonds is 58. The van der Waals surface area contributed by atoms with Gasteiger partial charge in [-0.15, -0.1) is 0 Å². The van der Waals surface area contributed by atoms with Crippen LogP contribution in [0.5, 0.6) is 0 Å². The monoisotopic (exact) mass is 1090 g/mol. The molecule has 11 heteroatoms. The lowest BCUT2D eigenvalue weighted by molar-refractivity contribution is -0.302. The van der Waals surface area contributed by atoms with Gasteiger partial charge in [0.1, 0.15) is 24.4 Å². The Hall–Kier alpha value is -1.86. The van der Waals surface area contributed by atoms with Crippen LogP contribution in [0.2, 0.25) is 0 Å². The summed E-state index contributed by atoms with van der Waals surface area (Å²) in [4.78, 5) is 25.0. The van der Waals surface area contributed by atoms with Crippen LogP contribution in [0.25, 0.3) is 0 Å². The number of carbonyl (C=O) groups excluding carboxylic acids is 2. The second-order valence-corrected chi connectivity index (χ2v) is 23.2. The first-order chi connectivity index (χ1) is 37.7. The van der Waals surface area contributed by atoms with Gasteiger partial charge in [0.25, 0.3) is 0 Å². The molecule has 1 rings (SSSR count). The molecule has 0 saturated carbocycles. The number of hydrogen-bond donors (Lipinski definition) is 6. The molecular formula is C66H125NO10. The van der Waals surface area contributed by atoms with E-state index in [1.165, 1.54) is 244 Å². The van der Waals surface area contributed by atoms with Crippen molar-refractivity contribution in [1.82, 2.24) is 5.32 Å². The van der Waals surface area contributed by atoms with Crippen LogP contribution in [0.15, 0.2) is 24.3 Å². The number of amides is 1. The predicted molar refractivity (Wildman–Crippen MR) is 320 cm³/mol. The molecule has 6 N–H and O–H groups in total. The van der Waals surface area contributed by atoms with E-state index < -0.39 is 49.5 Å². The molecule has 1 aliphatic rings. The van der Waals surface area contributed by atoms with E-state index in [0.717, 1.165) is 51.4 Å². The van der Waals surface area contributed by atoms with E-state index >= 15 is 0 Å². The number of ether oxygens (including phenoxy) is 3. The molecule has 0 bridgehead atoms. The maximum Gasteiger partial charge on any atom is 0.305 e. The Morgan fingerprint density at radius 3 is 1.29 bits per heavy atom. The summed E-state index contributed by atoms with van der Waals surface area (Å²) in [5, 5.41) is 54.3. The number of aliphatic hydroxyl groups is 5. The third-order valence-electron chi connectivity index (χ3n) is 15.8. The maximum atomic E-state index is 13.0. The van der Waals surface area contributed by atoms with Gasteiger partial charge >= 0.3 is 5.97 Å². The molecule has 7 atom stereocenters. The fourth-order valence-electron chi connectivity index (χ4n) is 10.6. The van der Waals surface area contributed by atoms with Crippen LogP contribution in [0.4, 0.5) is 0 Å². The van der Waals surface area contributed by atoms with E-state index in [1.54, 1.807) is 6.08 Å². The number of carbonyl (C=O) groups is 2. The number of hydrogen-bond acceptors (Lipinski definition) is 10. The zero-order valence-corrected chi connectivity index (χ0v) is 50.2. The minimum Gasteiger partial charge on any atom is -0.466 e. The summed E-state index contributed by atoms with van der Waals surface area (Å²) in [7, 11) is 0. The molecule has 0 aliphatic carbocycles. The highest BCUT2D eigenvalue weighted by Crippen LogP contribution is 2.23. The molecule has 0 aromatic carbocycles. The number of nitrogens with one attached hydrogen (secondary N) is 1. The maximum absolute atomic E-state index is 13.0. The average molecular weight is 1090 g/mol. The van der Waals surface area contributed by atoms with Crippen molar-refractivity contribution in [3.8, 4) is 0 Å². The summed E-state index contributed by atoms with van der Waals surface area (Å²) in [6.07, 6.45) is 58.9. The highest BCUT2D eigenvalue weighted by atomic mass is 16.7. The predicted octanol–water partition coefficient (Wildman–Crippen LogP) is 16.1. The second-order valence-electron chi connectivity index (χ2n) is 23.2. The molecule has 0 radical (unpaired) electrons. The zero-order valence-electron chi connectivity index (χ0n) is 50.2. The van der Waals surface area contributed by atoms with Crippen molar-refractivity contribution in [2.45, 2.75) is 365 Å². The summed E-state index contributed by atoms with van der Waals surface area (Å²) in [5.41, 5.74) is 0. The van der Waals surface area contributed by atoms with Crippen molar-refractivity contribution in [3.05, 3.63) is 24.3 Å². The Morgan fingerprint density at radius 2 is 0.844 bits per heavy atom. The number of aliphatic hydroxyl groups excluding tert-OH is 5. The van der Waals surface area contributed by atoms with E-state index in [0.29, 0.717) is 19.4 Å².